The normalized spacial score (nSPS) is 13.8. The van der Waals surface area contributed by atoms with Gasteiger partial charge in [0, 0.05) is 12.2 Å². The van der Waals surface area contributed by atoms with E-state index < -0.39 is 17.8 Å². The van der Waals surface area contributed by atoms with E-state index in [2.05, 4.69) is 5.32 Å². The van der Waals surface area contributed by atoms with Crippen molar-refractivity contribution in [2.75, 3.05) is 38.7 Å². The van der Waals surface area contributed by atoms with Crippen LogP contribution in [0.25, 0.3) is 0 Å². The molecule has 140 valence electrons. The first-order valence-electron chi connectivity index (χ1n) is 8.19. The fourth-order valence-electron chi connectivity index (χ4n) is 2.63. The van der Waals surface area contributed by atoms with Gasteiger partial charge in [0.1, 0.15) is 5.70 Å². The summed E-state index contributed by atoms with van der Waals surface area (Å²) in [7, 11) is 1.24. The van der Waals surface area contributed by atoms with Crippen LogP contribution in [-0.4, -0.2) is 61.3 Å². The quantitative estimate of drug-likeness (QED) is 0.693. The molecule has 0 atom stereocenters. The standard InChI is InChI=1S/C18H22N2O6/c1-4-26-17(23)12-5-6-14(11(2)9-12)19-15-13(18(24)25-3)10-20(7-8-21)16(15)22/h5-6,9,19,21H,4,7-8,10H2,1-3H3. The number of nitrogens with one attached hydrogen (secondary N) is 1. The van der Waals surface area contributed by atoms with Gasteiger partial charge in [-0.1, -0.05) is 0 Å². The van der Waals surface area contributed by atoms with Crippen molar-refractivity contribution >= 4 is 23.5 Å². The van der Waals surface area contributed by atoms with E-state index in [-0.39, 0.29) is 37.6 Å². The molecule has 1 aromatic carbocycles. The van der Waals surface area contributed by atoms with Crippen molar-refractivity contribution in [3.8, 4) is 0 Å². The van der Waals surface area contributed by atoms with Crippen LogP contribution < -0.4 is 5.32 Å². The van der Waals surface area contributed by atoms with E-state index in [0.29, 0.717) is 16.8 Å². The molecule has 1 amide bonds. The Hall–Kier alpha value is -2.87. The highest BCUT2D eigenvalue weighted by atomic mass is 16.5. The van der Waals surface area contributed by atoms with E-state index in [0.717, 1.165) is 0 Å². The minimum Gasteiger partial charge on any atom is -0.466 e. The third kappa shape index (κ3) is 4.02. The SMILES string of the molecule is CCOC(=O)c1ccc(NC2=C(C(=O)OC)CN(CCO)C2=O)c(C)c1. The van der Waals surface area contributed by atoms with Crippen molar-refractivity contribution in [2.45, 2.75) is 13.8 Å². The molecular formula is C18H22N2O6. The Labute approximate surface area is 151 Å². The van der Waals surface area contributed by atoms with Crippen LogP contribution in [0.4, 0.5) is 5.69 Å². The average molecular weight is 362 g/mol. The number of aryl methyl sites for hydroxylation is 1. The summed E-state index contributed by atoms with van der Waals surface area (Å²) in [5, 5.41) is 12.0. The second-order valence-corrected chi connectivity index (χ2v) is 5.67. The van der Waals surface area contributed by atoms with E-state index in [9.17, 15) is 14.4 Å². The average Bonchev–Trinajstić information content (AvgIpc) is 2.93. The first-order chi connectivity index (χ1) is 12.4. The van der Waals surface area contributed by atoms with Crippen molar-refractivity contribution < 1.29 is 29.0 Å². The number of carbonyl (C=O) groups excluding carboxylic acids is 3. The first-order valence-corrected chi connectivity index (χ1v) is 8.19. The predicted molar refractivity (Wildman–Crippen MR) is 93.5 cm³/mol. The maximum absolute atomic E-state index is 12.5. The Morgan fingerprint density at radius 1 is 1.31 bits per heavy atom. The molecule has 2 rings (SSSR count). The van der Waals surface area contributed by atoms with Crippen molar-refractivity contribution in [1.29, 1.82) is 0 Å². The molecule has 8 heteroatoms. The number of hydrogen-bond donors (Lipinski definition) is 2. The summed E-state index contributed by atoms with van der Waals surface area (Å²) in [4.78, 5) is 37.7. The molecule has 2 N–H and O–H groups in total. The van der Waals surface area contributed by atoms with Gasteiger partial charge in [-0.2, -0.15) is 0 Å². The number of aliphatic hydroxyl groups is 1. The number of rotatable bonds is 7. The molecule has 0 saturated carbocycles. The molecule has 1 heterocycles. The molecule has 0 radical (unpaired) electrons. The molecule has 8 nitrogen and oxygen atoms in total. The third-order valence-electron chi connectivity index (χ3n) is 3.95. The first kappa shape index (κ1) is 19.5. The lowest BCUT2D eigenvalue weighted by molar-refractivity contribution is -0.136. The molecular weight excluding hydrogens is 340 g/mol. The summed E-state index contributed by atoms with van der Waals surface area (Å²) in [6, 6.07) is 4.87. The summed E-state index contributed by atoms with van der Waals surface area (Å²) >= 11 is 0. The number of amides is 1. The van der Waals surface area contributed by atoms with Crippen molar-refractivity contribution in [1.82, 2.24) is 4.90 Å². The highest BCUT2D eigenvalue weighted by Gasteiger charge is 2.34. The maximum atomic E-state index is 12.5. The van der Waals surface area contributed by atoms with E-state index >= 15 is 0 Å². The molecule has 0 fully saturated rings. The van der Waals surface area contributed by atoms with Crippen molar-refractivity contribution in [3.63, 3.8) is 0 Å². The molecule has 26 heavy (non-hydrogen) atoms. The summed E-state index contributed by atoms with van der Waals surface area (Å²) in [5.74, 6) is -1.43. The van der Waals surface area contributed by atoms with E-state index in [1.165, 1.54) is 12.0 Å². The number of esters is 2. The molecule has 1 aliphatic rings. The minimum absolute atomic E-state index is 0.0638. The Balaban J connectivity index is 2.30. The number of nitrogens with zero attached hydrogens (tertiary/aromatic N) is 1. The van der Waals surface area contributed by atoms with E-state index in [4.69, 9.17) is 14.6 Å². The zero-order valence-electron chi connectivity index (χ0n) is 15.0. The zero-order valence-corrected chi connectivity index (χ0v) is 15.0. The lowest BCUT2D eigenvalue weighted by Gasteiger charge is -2.15. The van der Waals surface area contributed by atoms with Crippen LogP contribution in [0.2, 0.25) is 0 Å². The van der Waals surface area contributed by atoms with Crippen LogP contribution in [0.1, 0.15) is 22.8 Å². The van der Waals surface area contributed by atoms with Gasteiger partial charge in [0.15, 0.2) is 0 Å². The lowest BCUT2D eigenvalue weighted by atomic mass is 10.1. The van der Waals surface area contributed by atoms with Gasteiger partial charge in [-0.05, 0) is 37.6 Å². The van der Waals surface area contributed by atoms with Gasteiger partial charge in [0.25, 0.3) is 5.91 Å². The Bertz CT molecular complexity index is 756. The van der Waals surface area contributed by atoms with Gasteiger partial charge in [-0.3, -0.25) is 4.79 Å². The van der Waals surface area contributed by atoms with E-state index in [1.807, 2.05) is 0 Å². The minimum atomic E-state index is -0.609. The van der Waals surface area contributed by atoms with Gasteiger partial charge in [-0.15, -0.1) is 0 Å². The molecule has 1 aliphatic heterocycles. The Kier molecular flexibility index (Phi) is 6.35. The molecule has 0 saturated heterocycles. The van der Waals surface area contributed by atoms with Crippen LogP contribution in [0, 0.1) is 6.92 Å². The Morgan fingerprint density at radius 2 is 2.04 bits per heavy atom. The zero-order chi connectivity index (χ0) is 19.3. The van der Waals surface area contributed by atoms with Crippen molar-refractivity contribution in [2.24, 2.45) is 0 Å². The number of anilines is 1. The Morgan fingerprint density at radius 3 is 2.62 bits per heavy atom. The van der Waals surface area contributed by atoms with Crippen LogP contribution >= 0.6 is 0 Å². The molecule has 1 aromatic rings. The van der Waals surface area contributed by atoms with Gasteiger partial charge < -0.3 is 24.8 Å². The molecule has 0 aromatic heterocycles. The number of ether oxygens (including phenoxy) is 2. The second kappa shape index (κ2) is 8.48. The summed E-state index contributed by atoms with van der Waals surface area (Å²) in [5.41, 5.74) is 1.99. The molecule has 0 unspecified atom stereocenters. The number of carbonyl (C=O) groups is 3. The van der Waals surface area contributed by atoms with E-state index in [1.54, 1.807) is 32.0 Å². The van der Waals surface area contributed by atoms with Crippen LogP contribution in [-0.2, 0) is 19.1 Å². The number of aliphatic hydroxyl groups excluding tert-OH is 1. The highest BCUT2D eigenvalue weighted by Crippen LogP contribution is 2.25. The monoisotopic (exact) mass is 362 g/mol. The van der Waals surface area contributed by atoms with Gasteiger partial charge in [0.05, 0.1) is 38.0 Å². The van der Waals surface area contributed by atoms with Gasteiger partial charge in [-0.25, -0.2) is 9.59 Å². The number of methoxy groups -OCH3 is 1. The van der Waals surface area contributed by atoms with Gasteiger partial charge >= 0.3 is 11.9 Å². The summed E-state index contributed by atoms with van der Waals surface area (Å²) < 4.78 is 9.71. The third-order valence-corrected chi connectivity index (χ3v) is 3.95. The molecule has 0 bridgehead atoms. The fraction of sp³-hybridized carbons (Fsp3) is 0.389. The highest BCUT2D eigenvalue weighted by molar-refractivity contribution is 6.08. The summed E-state index contributed by atoms with van der Waals surface area (Å²) in [6.07, 6.45) is 0. The number of benzene rings is 1. The lowest BCUT2D eigenvalue weighted by Crippen LogP contribution is -2.31. The van der Waals surface area contributed by atoms with Crippen LogP contribution in [0.15, 0.2) is 29.5 Å². The molecule has 0 aliphatic carbocycles. The van der Waals surface area contributed by atoms with Crippen molar-refractivity contribution in [3.05, 3.63) is 40.6 Å². The second-order valence-electron chi connectivity index (χ2n) is 5.67. The molecule has 0 spiro atoms. The summed E-state index contributed by atoms with van der Waals surface area (Å²) in [6.45, 7) is 3.75. The van der Waals surface area contributed by atoms with Crippen LogP contribution in [0.3, 0.4) is 0 Å². The largest absolute Gasteiger partial charge is 0.466 e. The van der Waals surface area contributed by atoms with Crippen LogP contribution in [0.5, 0.6) is 0 Å². The predicted octanol–water partition coefficient (Wildman–Crippen LogP) is 0.845. The van der Waals surface area contributed by atoms with Gasteiger partial charge in [0.2, 0.25) is 0 Å². The maximum Gasteiger partial charge on any atom is 0.338 e. The fourth-order valence-corrected chi connectivity index (χ4v) is 2.63. The number of hydrogen-bond acceptors (Lipinski definition) is 7. The topological polar surface area (TPSA) is 105 Å². The number of β-amino-alcohol motifs (C(OH)–C–C–N with tert-alkyl or cyclic N) is 1. The smallest absolute Gasteiger partial charge is 0.338 e.